The van der Waals surface area contributed by atoms with E-state index in [0.717, 1.165) is 17.8 Å². The van der Waals surface area contributed by atoms with E-state index in [-0.39, 0.29) is 0 Å². The van der Waals surface area contributed by atoms with Gasteiger partial charge in [-0.15, -0.1) is 0 Å². The lowest BCUT2D eigenvalue weighted by molar-refractivity contribution is 0.191. The van der Waals surface area contributed by atoms with Gasteiger partial charge in [0.2, 0.25) is 0 Å². The second-order valence-corrected chi connectivity index (χ2v) is 5.39. The van der Waals surface area contributed by atoms with Gasteiger partial charge in [-0.05, 0) is 55.0 Å². The highest BCUT2D eigenvalue weighted by Crippen LogP contribution is 2.48. The van der Waals surface area contributed by atoms with Crippen molar-refractivity contribution in [2.75, 3.05) is 13.1 Å². The summed E-state index contributed by atoms with van der Waals surface area (Å²) in [6.45, 7) is 2.48. The van der Waals surface area contributed by atoms with E-state index in [1.54, 1.807) is 0 Å². The lowest BCUT2D eigenvalue weighted by atomic mass is 9.64. The number of halogens is 1. The minimum Gasteiger partial charge on any atom is -0.316 e. The third-order valence-electron chi connectivity index (χ3n) is 3.76. The predicted molar refractivity (Wildman–Crippen MR) is 61.3 cm³/mol. The van der Waals surface area contributed by atoms with E-state index in [2.05, 4.69) is 45.5 Å². The topological polar surface area (TPSA) is 12.0 Å². The van der Waals surface area contributed by atoms with Crippen LogP contribution in [0.1, 0.15) is 17.9 Å². The van der Waals surface area contributed by atoms with Crippen LogP contribution in [0.2, 0.25) is 0 Å². The number of fused-ring (bicyclic) bond motifs is 1. The number of nitrogens with one attached hydrogen (secondary N) is 1. The monoisotopic (exact) mass is 251 g/mol. The summed E-state index contributed by atoms with van der Waals surface area (Å²) in [5, 5.41) is 3.49. The zero-order valence-electron chi connectivity index (χ0n) is 8.04. The predicted octanol–water partition coefficient (Wildman–Crippen LogP) is 2.77. The summed E-state index contributed by atoms with van der Waals surface area (Å²) in [6.07, 6.45) is 1.39. The van der Waals surface area contributed by atoms with Gasteiger partial charge in [0.05, 0.1) is 0 Å². The molecule has 1 N–H and O–H groups in total. The van der Waals surface area contributed by atoms with Gasteiger partial charge >= 0.3 is 0 Å². The van der Waals surface area contributed by atoms with E-state index in [1.165, 1.54) is 29.5 Å². The molecule has 74 valence electrons. The van der Waals surface area contributed by atoms with E-state index in [4.69, 9.17) is 0 Å². The maximum atomic E-state index is 3.49. The smallest absolute Gasteiger partial charge is 0.0175 e. The zero-order valence-corrected chi connectivity index (χ0v) is 9.63. The maximum absolute atomic E-state index is 3.49. The van der Waals surface area contributed by atoms with Crippen molar-refractivity contribution in [3.63, 3.8) is 0 Å². The molecule has 3 rings (SSSR count). The van der Waals surface area contributed by atoms with Crippen molar-refractivity contribution in [2.24, 2.45) is 11.8 Å². The minimum absolute atomic E-state index is 0.822. The van der Waals surface area contributed by atoms with Crippen LogP contribution in [0.15, 0.2) is 28.7 Å². The van der Waals surface area contributed by atoms with E-state index in [0.29, 0.717) is 0 Å². The van der Waals surface area contributed by atoms with Crippen LogP contribution in [0, 0.1) is 11.8 Å². The molecule has 0 radical (unpaired) electrons. The summed E-state index contributed by atoms with van der Waals surface area (Å²) in [4.78, 5) is 0. The Morgan fingerprint density at radius 3 is 2.64 bits per heavy atom. The first-order chi connectivity index (χ1) is 6.84. The van der Waals surface area contributed by atoms with Crippen molar-refractivity contribution in [2.45, 2.75) is 12.3 Å². The molecule has 1 saturated carbocycles. The Bertz CT molecular complexity index is 333. The first-order valence-electron chi connectivity index (χ1n) is 5.31. The van der Waals surface area contributed by atoms with Crippen molar-refractivity contribution in [3.05, 3.63) is 34.3 Å². The molecule has 1 nitrogen and oxygen atoms in total. The second kappa shape index (κ2) is 3.35. The Morgan fingerprint density at radius 1 is 1.14 bits per heavy atom. The highest BCUT2D eigenvalue weighted by atomic mass is 79.9. The molecule has 1 heterocycles. The van der Waals surface area contributed by atoms with Gasteiger partial charge in [0, 0.05) is 4.47 Å². The molecule has 2 fully saturated rings. The quantitative estimate of drug-likeness (QED) is 0.810. The average molecular weight is 252 g/mol. The minimum atomic E-state index is 0.822. The first kappa shape index (κ1) is 8.93. The van der Waals surface area contributed by atoms with Crippen molar-refractivity contribution in [1.29, 1.82) is 0 Å². The number of hydrogen-bond donors (Lipinski definition) is 1. The summed E-state index contributed by atoms with van der Waals surface area (Å²) >= 11 is 3.48. The molecule has 2 aliphatic rings. The van der Waals surface area contributed by atoms with Gasteiger partial charge in [-0.2, -0.15) is 0 Å². The Hall–Kier alpha value is -0.340. The zero-order chi connectivity index (χ0) is 9.54. The van der Waals surface area contributed by atoms with Crippen molar-refractivity contribution in [3.8, 4) is 0 Å². The van der Waals surface area contributed by atoms with Gasteiger partial charge < -0.3 is 5.32 Å². The second-order valence-electron chi connectivity index (χ2n) is 4.48. The molecular weight excluding hydrogens is 238 g/mol. The van der Waals surface area contributed by atoms with Crippen LogP contribution in [-0.4, -0.2) is 13.1 Å². The molecule has 0 bridgehead atoms. The molecule has 0 aromatic heterocycles. The van der Waals surface area contributed by atoms with Gasteiger partial charge in [-0.3, -0.25) is 0 Å². The lowest BCUT2D eigenvalue weighted by Gasteiger charge is -2.40. The van der Waals surface area contributed by atoms with Crippen LogP contribution in [0.4, 0.5) is 0 Å². The number of rotatable bonds is 1. The molecule has 1 aromatic carbocycles. The van der Waals surface area contributed by atoms with Crippen LogP contribution < -0.4 is 5.32 Å². The Balaban J connectivity index is 1.80. The van der Waals surface area contributed by atoms with Crippen LogP contribution >= 0.6 is 15.9 Å². The fraction of sp³-hybridized carbons (Fsp3) is 0.500. The highest BCUT2D eigenvalue weighted by molar-refractivity contribution is 9.10. The largest absolute Gasteiger partial charge is 0.316 e. The molecule has 3 atom stereocenters. The number of benzene rings is 1. The van der Waals surface area contributed by atoms with Gasteiger partial charge in [0.15, 0.2) is 0 Å². The molecule has 2 heteroatoms. The fourth-order valence-corrected chi connectivity index (χ4v) is 3.15. The molecule has 1 aliphatic carbocycles. The molecule has 0 amide bonds. The molecule has 1 aromatic rings. The van der Waals surface area contributed by atoms with E-state index < -0.39 is 0 Å². The lowest BCUT2D eigenvalue weighted by Crippen LogP contribution is -2.33. The third-order valence-corrected chi connectivity index (χ3v) is 4.29. The summed E-state index contributed by atoms with van der Waals surface area (Å²) in [5.41, 5.74) is 1.53. The first-order valence-corrected chi connectivity index (χ1v) is 6.10. The average Bonchev–Trinajstić information content (AvgIpc) is 2.52. The van der Waals surface area contributed by atoms with Crippen molar-refractivity contribution in [1.82, 2.24) is 5.32 Å². The summed E-state index contributed by atoms with van der Waals surface area (Å²) in [5.74, 6) is 2.70. The van der Waals surface area contributed by atoms with Gasteiger partial charge in [0.1, 0.15) is 0 Å². The van der Waals surface area contributed by atoms with Crippen molar-refractivity contribution < 1.29 is 0 Å². The van der Waals surface area contributed by atoms with Crippen molar-refractivity contribution >= 4 is 15.9 Å². The van der Waals surface area contributed by atoms with Crippen LogP contribution in [0.5, 0.6) is 0 Å². The third kappa shape index (κ3) is 1.32. The highest BCUT2D eigenvalue weighted by Gasteiger charge is 2.44. The summed E-state index contributed by atoms with van der Waals surface area (Å²) < 4.78 is 1.18. The molecular formula is C12H14BrN. The Labute approximate surface area is 93.0 Å². The molecule has 1 aliphatic heterocycles. The summed E-state index contributed by atoms with van der Waals surface area (Å²) in [7, 11) is 0. The fourth-order valence-electron chi connectivity index (χ4n) is 2.88. The molecule has 1 saturated heterocycles. The van der Waals surface area contributed by atoms with Crippen LogP contribution in [0.3, 0.4) is 0 Å². The normalized spacial score (nSPS) is 35.1. The number of hydrogen-bond acceptors (Lipinski definition) is 1. The molecule has 3 unspecified atom stereocenters. The Morgan fingerprint density at radius 2 is 1.93 bits per heavy atom. The van der Waals surface area contributed by atoms with E-state index in [1.807, 2.05) is 0 Å². The SMILES string of the molecule is Brc1ccc(C2CC3CNCC32)cc1. The van der Waals surface area contributed by atoms with E-state index in [9.17, 15) is 0 Å². The van der Waals surface area contributed by atoms with Gasteiger partial charge in [0.25, 0.3) is 0 Å². The molecule has 0 spiro atoms. The van der Waals surface area contributed by atoms with Crippen LogP contribution in [0.25, 0.3) is 0 Å². The standard InChI is InChI=1S/C12H14BrN/c13-10-3-1-8(2-4-10)11-5-9-6-14-7-12(9)11/h1-4,9,11-12,14H,5-7H2. The molecule has 14 heavy (non-hydrogen) atoms. The van der Waals surface area contributed by atoms with E-state index >= 15 is 0 Å². The van der Waals surface area contributed by atoms with Gasteiger partial charge in [-0.25, -0.2) is 0 Å². The van der Waals surface area contributed by atoms with Gasteiger partial charge in [-0.1, -0.05) is 28.1 Å². The summed E-state index contributed by atoms with van der Waals surface area (Å²) in [6, 6.07) is 8.85. The maximum Gasteiger partial charge on any atom is 0.0175 e. The van der Waals surface area contributed by atoms with Crippen LogP contribution in [-0.2, 0) is 0 Å². The Kier molecular flexibility index (Phi) is 2.14.